The molecular formula is C14H20ClNO. The molecule has 0 unspecified atom stereocenters. The molecule has 1 aliphatic rings. The molecule has 0 bridgehead atoms. The van der Waals surface area contributed by atoms with Gasteiger partial charge in [0, 0.05) is 5.02 Å². The molecule has 0 aliphatic carbocycles. The number of hydrogen-bond acceptors (Lipinski definition) is 2. The van der Waals surface area contributed by atoms with E-state index in [0.29, 0.717) is 0 Å². The summed E-state index contributed by atoms with van der Waals surface area (Å²) in [5.74, 6) is 1.70. The Morgan fingerprint density at radius 1 is 1.47 bits per heavy atom. The van der Waals surface area contributed by atoms with E-state index in [1.54, 1.807) is 0 Å². The van der Waals surface area contributed by atoms with Crippen LogP contribution in [0.4, 0.5) is 0 Å². The van der Waals surface area contributed by atoms with E-state index in [0.717, 1.165) is 41.8 Å². The van der Waals surface area contributed by atoms with Crippen molar-refractivity contribution in [3.05, 3.63) is 28.8 Å². The molecule has 1 N–H and O–H groups in total. The van der Waals surface area contributed by atoms with Crippen LogP contribution in [0, 0.1) is 12.8 Å². The number of nitrogens with one attached hydrogen (secondary N) is 1. The minimum atomic E-state index is 0.775. The van der Waals surface area contributed by atoms with Crippen molar-refractivity contribution in [1.29, 1.82) is 0 Å². The fraction of sp³-hybridized carbons (Fsp3) is 0.571. The zero-order chi connectivity index (χ0) is 12.1. The molecule has 2 rings (SSSR count). The molecule has 1 atom stereocenters. The third-order valence-corrected chi connectivity index (χ3v) is 3.75. The maximum Gasteiger partial charge on any atom is 0.119 e. The highest BCUT2D eigenvalue weighted by atomic mass is 35.5. The zero-order valence-corrected chi connectivity index (χ0v) is 11.1. The van der Waals surface area contributed by atoms with Gasteiger partial charge in [-0.05, 0) is 69.0 Å². The van der Waals surface area contributed by atoms with Crippen LogP contribution >= 0.6 is 11.6 Å². The summed E-state index contributed by atoms with van der Waals surface area (Å²) < 4.78 is 5.76. The molecule has 0 aromatic heterocycles. The molecule has 17 heavy (non-hydrogen) atoms. The van der Waals surface area contributed by atoms with Gasteiger partial charge >= 0.3 is 0 Å². The van der Waals surface area contributed by atoms with Gasteiger partial charge in [0.25, 0.3) is 0 Å². The summed E-state index contributed by atoms with van der Waals surface area (Å²) in [5.41, 5.74) is 1.07. The predicted octanol–water partition coefficient (Wildman–Crippen LogP) is 3.42. The quantitative estimate of drug-likeness (QED) is 0.888. The summed E-state index contributed by atoms with van der Waals surface area (Å²) in [6, 6.07) is 5.84. The van der Waals surface area contributed by atoms with Crippen LogP contribution in [0.5, 0.6) is 5.75 Å². The molecule has 0 spiro atoms. The molecule has 1 aliphatic heterocycles. The van der Waals surface area contributed by atoms with Crippen molar-refractivity contribution in [2.45, 2.75) is 26.2 Å². The van der Waals surface area contributed by atoms with E-state index in [-0.39, 0.29) is 0 Å². The third kappa shape index (κ3) is 3.90. The summed E-state index contributed by atoms with van der Waals surface area (Å²) >= 11 is 5.97. The topological polar surface area (TPSA) is 21.3 Å². The van der Waals surface area contributed by atoms with Crippen LogP contribution in [0.25, 0.3) is 0 Å². The zero-order valence-electron chi connectivity index (χ0n) is 10.3. The summed E-state index contributed by atoms with van der Waals surface area (Å²) in [6.07, 6.45) is 3.76. The van der Waals surface area contributed by atoms with Crippen molar-refractivity contribution >= 4 is 11.6 Å². The van der Waals surface area contributed by atoms with Crippen molar-refractivity contribution < 1.29 is 4.74 Å². The highest BCUT2D eigenvalue weighted by Crippen LogP contribution is 2.22. The van der Waals surface area contributed by atoms with Crippen molar-refractivity contribution in [1.82, 2.24) is 5.32 Å². The number of piperidine rings is 1. The van der Waals surface area contributed by atoms with Crippen LogP contribution in [0.3, 0.4) is 0 Å². The Balaban J connectivity index is 1.75. The lowest BCUT2D eigenvalue weighted by molar-refractivity contribution is 0.254. The molecular weight excluding hydrogens is 234 g/mol. The van der Waals surface area contributed by atoms with E-state index in [1.165, 1.54) is 19.4 Å². The van der Waals surface area contributed by atoms with E-state index in [9.17, 15) is 0 Å². The smallest absolute Gasteiger partial charge is 0.119 e. The lowest BCUT2D eigenvalue weighted by atomic mass is 9.97. The number of halogens is 1. The van der Waals surface area contributed by atoms with Gasteiger partial charge in [-0.2, -0.15) is 0 Å². The van der Waals surface area contributed by atoms with Crippen LogP contribution in [-0.4, -0.2) is 19.7 Å². The Morgan fingerprint density at radius 2 is 2.35 bits per heavy atom. The number of hydrogen-bond donors (Lipinski definition) is 1. The van der Waals surface area contributed by atoms with Gasteiger partial charge < -0.3 is 10.1 Å². The van der Waals surface area contributed by atoms with Crippen LogP contribution < -0.4 is 10.1 Å². The first kappa shape index (κ1) is 12.7. The first-order valence-corrected chi connectivity index (χ1v) is 6.73. The molecule has 3 heteroatoms. The predicted molar refractivity (Wildman–Crippen MR) is 71.9 cm³/mol. The lowest BCUT2D eigenvalue weighted by Crippen LogP contribution is -2.30. The Kier molecular flexibility index (Phi) is 4.69. The molecule has 1 heterocycles. The van der Waals surface area contributed by atoms with Gasteiger partial charge in [-0.25, -0.2) is 0 Å². The highest BCUT2D eigenvalue weighted by Gasteiger charge is 2.12. The molecule has 1 aromatic carbocycles. The van der Waals surface area contributed by atoms with Crippen molar-refractivity contribution in [2.24, 2.45) is 5.92 Å². The second kappa shape index (κ2) is 6.27. The average molecular weight is 254 g/mol. The van der Waals surface area contributed by atoms with Crippen LogP contribution in [0.15, 0.2) is 18.2 Å². The van der Waals surface area contributed by atoms with E-state index in [1.807, 2.05) is 25.1 Å². The minimum absolute atomic E-state index is 0.775. The van der Waals surface area contributed by atoms with Gasteiger partial charge in [0.2, 0.25) is 0 Å². The molecule has 0 amide bonds. The summed E-state index contributed by atoms with van der Waals surface area (Å²) in [5, 5.41) is 4.23. The Hall–Kier alpha value is -0.730. The third-order valence-electron chi connectivity index (χ3n) is 3.32. The fourth-order valence-electron chi connectivity index (χ4n) is 2.22. The van der Waals surface area contributed by atoms with Crippen molar-refractivity contribution in [2.75, 3.05) is 19.7 Å². The first-order valence-electron chi connectivity index (χ1n) is 6.35. The maximum atomic E-state index is 5.97. The second-order valence-corrected chi connectivity index (χ2v) is 5.17. The average Bonchev–Trinajstić information content (AvgIpc) is 2.35. The van der Waals surface area contributed by atoms with E-state index < -0.39 is 0 Å². The number of ether oxygens (including phenoxy) is 1. The minimum Gasteiger partial charge on any atom is -0.494 e. The van der Waals surface area contributed by atoms with Crippen molar-refractivity contribution in [3.8, 4) is 5.75 Å². The van der Waals surface area contributed by atoms with Gasteiger partial charge in [-0.1, -0.05) is 11.6 Å². The molecule has 1 saturated heterocycles. The van der Waals surface area contributed by atoms with Crippen LogP contribution in [0.1, 0.15) is 24.8 Å². The van der Waals surface area contributed by atoms with Gasteiger partial charge in [-0.15, -0.1) is 0 Å². The molecule has 0 saturated carbocycles. The number of aryl methyl sites for hydroxylation is 1. The number of rotatable bonds is 4. The van der Waals surface area contributed by atoms with Gasteiger partial charge in [0.05, 0.1) is 6.61 Å². The molecule has 94 valence electrons. The second-order valence-electron chi connectivity index (χ2n) is 4.76. The largest absolute Gasteiger partial charge is 0.494 e. The van der Waals surface area contributed by atoms with E-state index in [2.05, 4.69) is 5.32 Å². The first-order chi connectivity index (χ1) is 8.25. The Bertz CT molecular complexity index is 361. The number of benzene rings is 1. The van der Waals surface area contributed by atoms with Gasteiger partial charge in [0.15, 0.2) is 0 Å². The van der Waals surface area contributed by atoms with Gasteiger partial charge in [-0.3, -0.25) is 0 Å². The van der Waals surface area contributed by atoms with Crippen LogP contribution in [0.2, 0.25) is 5.02 Å². The maximum absolute atomic E-state index is 5.97. The monoisotopic (exact) mass is 253 g/mol. The Labute approximate surface area is 108 Å². The lowest BCUT2D eigenvalue weighted by Gasteiger charge is -2.22. The van der Waals surface area contributed by atoms with Gasteiger partial charge in [0.1, 0.15) is 5.75 Å². The summed E-state index contributed by atoms with van der Waals surface area (Å²) in [6.45, 7) is 5.12. The van der Waals surface area contributed by atoms with E-state index in [4.69, 9.17) is 16.3 Å². The molecule has 0 radical (unpaired) electrons. The molecule has 1 fully saturated rings. The standard InChI is InChI=1S/C14H20ClNO/c1-11-9-13(4-5-14(11)15)17-8-6-12-3-2-7-16-10-12/h4-5,9,12,16H,2-3,6-8,10H2,1H3/t12-/m1/s1. The SMILES string of the molecule is Cc1cc(OCC[C@H]2CCCNC2)ccc1Cl. The van der Waals surface area contributed by atoms with E-state index >= 15 is 0 Å². The van der Waals surface area contributed by atoms with Crippen molar-refractivity contribution in [3.63, 3.8) is 0 Å². The normalized spacial score (nSPS) is 20.2. The fourth-order valence-corrected chi connectivity index (χ4v) is 2.34. The highest BCUT2D eigenvalue weighted by molar-refractivity contribution is 6.31. The molecule has 1 aromatic rings. The summed E-state index contributed by atoms with van der Waals surface area (Å²) in [7, 11) is 0. The molecule has 2 nitrogen and oxygen atoms in total. The Morgan fingerprint density at radius 3 is 3.06 bits per heavy atom. The van der Waals surface area contributed by atoms with Crippen LogP contribution in [-0.2, 0) is 0 Å². The summed E-state index contributed by atoms with van der Waals surface area (Å²) in [4.78, 5) is 0.